The van der Waals surface area contributed by atoms with Gasteiger partial charge in [0.2, 0.25) is 5.91 Å². The zero-order valence-electron chi connectivity index (χ0n) is 15.9. The molecule has 0 bridgehead atoms. The van der Waals surface area contributed by atoms with Gasteiger partial charge in [0.25, 0.3) is 5.91 Å². The van der Waals surface area contributed by atoms with Gasteiger partial charge in [-0.15, -0.1) is 0 Å². The maximum absolute atomic E-state index is 12.4. The van der Waals surface area contributed by atoms with Crippen molar-refractivity contribution in [2.75, 3.05) is 17.2 Å². The van der Waals surface area contributed by atoms with Gasteiger partial charge in [0.1, 0.15) is 5.75 Å². The molecule has 1 aliphatic rings. The van der Waals surface area contributed by atoms with Crippen LogP contribution in [-0.4, -0.2) is 18.4 Å². The number of benzene rings is 3. The van der Waals surface area contributed by atoms with Crippen molar-refractivity contribution in [3.8, 4) is 16.9 Å². The van der Waals surface area contributed by atoms with E-state index in [1.165, 1.54) is 0 Å². The molecule has 0 heterocycles. The van der Waals surface area contributed by atoms with Gasteiger partial charge in [-0.2, -0.15) is 0 Å². The summed E-state index contributed by atoms with van der Waals surface area (Å²) in [5.74, 6) is 0.559. The molecule has 5 heteroatoms. The molecule has 4 rings (SSSR count). The van der Waals surface area contributed by atoms with Crippen molar-refractivity contribution in [3.63, 3.8) is 0 Å². The molecule has 29 heavy (non-hydrogen) atoms. The zero-order chi connectivity index (χ0) is 20.1. The average molecular weight is 386 g/mol. The molecule has 2 N–H and O–H groups in total. The number of hydrogen-bond donors (Lipinski definition) is 2. The van der Waals surface area contributed by atoms with Gasteiger partial charge in [0.05, 0.1) is 0 Å². The first kappa shape index (κ1) is 18.7. The number of para-hydroxylation sites is 1. The van der Waals surface area contributed by atoms with E-state index < -0.39 is 0 Å². The molecule has 1 fully saturated rings. The maximum atomic E-state index is 12.4. The SMILES string of the molecule is O=C(COc1ccc(NC(=O)C2CC2)cc1)Nc1ccccc1-c1ccccc1. The molecule has 0 spiro atoms. The first-order valence-electron chi connectivity index (χ1n) is 9.67. The lowest BCUT2D eigenvalue weighted by Gasteiger charge is -2.12. The second-order valence-electron chi connectivity index (χ2n) is 7.04. The van der Waals surface area contributed by atoms with Crippen LogP contribution in [0.2, 0.25) is 0 Å². The predicted octanol–water partition coefficient (Wildman–Crippen LogP) is 4.72. The molecule has 3 aromatic rings. The van der Waals surface area contributed by atoms with Gasteiger partial charge in [-0.05, 0) is 48.7 Å². The number of hydrogen-bond acceptors (Lipinski definition) is 3. The van der Waals surface area contributed by atoms with Crippen LogP contribution in [-0.2, 0) is 9.59 Å². The van der Waals surface area contributed by atoms with Gasteiger partial charge in [-0.25, -0.2) is 0 Å². The largest absolute Gasteiger partial charge is 0.484 e. The van der Waals surface area contributed by atoms with E-state index in [0.29, 0.717) is 5.75 Å². The molecule has 0 saturated heterocycles. The quantitative estimate of drug-likeness (QED) is 0.617. The Kier molecular flexibility index (Phi) is 5.56. The lowest BCUT2D eigenvalue weighted by Crippen LogP contribution is -2.20. The van der Waals surface area contributed by atoms with Gasteiger partial charge in [0.15, 0.2) is 6.61 Å². The van der Waals surface area contributed by atoms with Crippen molar-refractivity contribution in [2.45, 2.75) is 12.8 Å². The fraction of sp³-hybridized carbons (Fsp3) is 0.167. The summed E-state index contributed by atoms with van der Waals surface area (Å²) in [5.41, 5.74) is 3.46. The van der Waals surface area contributed by atoms with Crippen molar-refractivity contribution in [3.05, 3.63) is 78.9 Å². The Balaban J connectivity index is 1.33. The van der Waals surface area contributed by atoms with Gasteiger partial charge >= 0.3 is 0 Å². The summed E-state index contributed by atoms with van der Waals surface area (Å²) in [6.07, 6.45) is 1.94. The van der Waals surface area contributed by atoms with E-state index in [0.717, 1.165) is 35.3 Å². The summed E-state index contributed by atoms with van der Waals surface area (Å²) in [6, 6.07) is 24.6. The van der Waals surface area contributed by atoms with E-state index in [-0.39, 0.29) is 24.3 Å². The summed E-state index contributed by atoms with van der Waals surface area (Å²) in [6.45, 7) is -0.100. The lowest BCUT2D eigenvalue weighted by atomic mass is 10.0. The van der Waals surface area contributed by atoms with Gasteiger partial charge < -0.3 is 15.4 Å². The third kappa shape index (κ3) is 5.02. The van der Waals surface area contributed by atoms with Crippen LogP contribution in [0.3, 0.4) is 0 Å². The van der Waals surface area contributed by atoms with E-state index in [4.69, 9.17) is 4.74 Å². The van der Waals surface area contributed by atoms with Crippen molar-refractivity contribution in [1.29, 1.82) is 0 Å². The minimum atomic E-state index is -0.237. The van der Waals surface area contributed by atoms with Gasteiger partial charge in [0, 0.05) is 22.9 Å². The van der Waals surface area contributed by atoms with Crippen LogP contribution in [0, 0.1) is 5.92 Å². The first-order chi connectivity index (χ1) is 14.2. The Hall–Kier alpha value is -3.60. The van der Waals surface area contributed by atoms with Crippen LogP contribution in [0.1, 0.15) is 12.8 Å². The molecule has 0 unspecified atom stereocenters. The Bertz CT molecular complexity index is 996. The molecule has 3 aromatic carbocycles. The number of carbonyl (C=O) groups is 2. The molecular formula is C24H22N2O3. The molecule has 0 radical (unpaired) electrons. The number of amides is 2. The van der Waals surface area contributed by atoms with Crippen LogP contribution in [0.4, 0.5) is 11.4 Å². The fourth-order valence-electron chi connectivity index (χ4n) is 3.02. The predicted molar refractivity (Wildman–Crippen MR) is 114 cm³/mol. The minimum absolute atomic E-state index is 0.0649. The molecule has 0 aliphatic heterocycles. The monoisotopic (exact) mass is 386 g/mol. The molecule has 1 aliphatic carbocycles. The first-order valence-corrected chi connectivity index (χ1v) is 9.67. The molecule has 146 valence electrons. The summed E-state index contributed by atoms with van der Waals surface area (Å²) >= 11 is 0. The maximum Gasteiger partial charge on any atom is 0.262 e. The van der Waals surface area contributed by atoms with E-state index in [2.05, 4.69) is 10.6 Å². The smallest absolute Gasteiger partial charge is 0.262 e. The summed E-state index contributed by atoms with van der Waals surface area (Å²) in [5, 5.41) is 5.79. The average Bonchev–Trinajstić information content (AvgIpc) is 3.60. The zero-order valence-corrected chi connectivity index (χ0v) is 15.9. The Morgan fingerprint density at radius 1 is 0.828 bits per heavy atom. The molecule has 0 atom stereocenters. The summed E-state index contributed by atoms with van der Waals surface area (Å²) in [7, 11) is 0. The highest BCUT2D eigenvalue weighted by molar-refractivity contribution is 5.96. The van der Waals surface area contributed by atoms with E-state index >= 15 is 0 Å². The number of rotatable bonds is 7. The number of ether oxygens (including phenoxy) is 1. The van der Waals surface area contributed by atoms with Gasteiger partial charge in [-0.3, -0.25) is 9.59 Å². The van der Waals surface area contributed by atoms with Gasteiger partial charge in [-0.1, -0.05) is 48.5 Å². The van der Waals surface area contributed by atoms with Crippen molar-refractivity contribution in [2.24, 2.45) is 5.92 Å². The number of anilines is 2. The highest BCUT2D eigenvalue weighted by Crippen LogP contribution is 2.30. The fourth-order valence-corrected chi connectivity index (χ4v) is 3.02. The van der Waals surface area contributed by atoms with Crippen molar-refractivity contribution in [1.82, 2.24) is 0 Å². The second kappa shape index (κ2) is 8.61. The molecule has 2 amide bonds. The number of nitrogens with one attached hydrogen (secondary N) is 2. The minimum Gasteiger partial charge on any atom is -0.484 e. The Morgan fingerprint density at radius 2 is 1.52 bits per heavy atom. The highest BCUT2D eigenvalue weighted by Gasteiger charge is 2.29. The van der Waals surface area contributed by atoms with Crippen LogP contribution in [0.5, 0.6) is 5.75 Å². The summed E-state index contributed by atoms with van der Waals surface area (Å²) < 4.78 is 5.58. The van der Waals surface area contributed by atoms with Crippen LogP contribution in [0.15, 0.2) is 78.9 Å². The molecule has 0 aromatic heterocycles. The lowest BCUT2D eigenvalue weighted by molar-refractivity contribution is -0.118. The molecule has 1 saturated carbocycles. The van der Waals surface area contributed by atoms with E-state index in [1.807, 2.05) is 54.6 Å². The van der Waals surface area contributed by atoms with E-state index in [9.17, 15) is 9.59 Å². The summed E-state index contributed by atoms with van der Waals surface area (Å²) in [4.78, 5) is 24.2. The van der Waals surface area contributed by atoms with Crippen LogP contribution < -0.4 is 15.4 Å². The van der Waals surface area contributed by atoms with Crippen molar-refractivity contribution >= 4 is 23.2 Å². The Labute approximate surface area is 169 Å². The molecule has 5 nitrogen and oxygen atoms in total. The normalized spacial score (nSPS) is 12.8. The second-order valence-corrected chi connectivity index (χ2v) is 7.04. The van der Waals surface area contributed by atoms with Crippen LogP contribution in [0.25, 0.3) is 11.1 Å². The van der Waals surface area contributed by atoms with Crippen LogP contribution >= 0.6 is 0 Å². The third-order valence-electron chi connectivity index (χ3n) is 4.73. The third-order valence-corrected chi connectivity index (χ3v) is 4.73. The molecular weight excluding hydrogens is 364 g/mol. The van der Waals surface area contributed by atoms with E-state index in [1.54, 1.807) is 24.3 Å². The van der Waals surface area contributed by atoms with Crippen molar-refractivity contribution < 1.29 is 14.3 Å². The highest BCUT2D eigenvalue weighted by atomic mass is 16.5. The Morgan fingerprint density at radius 3 is 2.24 bits per heavy atom. The standard InChI is InChI=1S/C24H22N2O3/c27-23(26-22-9-5-4-8-21(22)17-6-2-1-3-7-17)16-29-20-14-12-19(13-15-20)25-24(28)18-10-11-18/h1-9,12-15,18H,10-11,16H2,(H,25,28)(H,26,27). The topological polar surface area (TPSA) is 67.4 Å². The number of carbonyl (C=O) groups excluding carboxylic acids is 2.